The molecular formula is C20H17FN4O3. The van der Waals surface area contributed by atoms with Crippen LogP contribution in [-0.4, -0.2) is 27.5 Å². The number of fused-ring (bicyclic) bond motifs is 1. The third kappa shape index (κ3) is 3.02. The number of hydrogen-bond donors (Lipinski definition) is 2. The number of aromatic amines is 1. The summed E-state index contributed by atoms with van der Waals surface area (Å²) < 4.78 is 20.0. The van der Waals surface area contributed by atoms with Gasteiger partial charge in [-0.2, -0.15) is 0 Å². The highest BCUT2D eigenvalue weighted by Gasteiger charge is 2.43. The number of nitrogens with one attached hydrogen (secondary N) is 2. The van der Waals surface area contributed by atoms with Crippen molar-refractivity contribution in [2.75, 3.05) is 6.61 Å². The van der Waals surface area contributed by atoms with Gasteiger partial charge in [0.1, 0.15) is 17.1 Å². The van der Waals surface area contributed by atoms with Crippen molar-refractivity contribution in [3.05, 3.63) is 87.5 Å². The van der Waals surface area contributed by atoms with Crippen molar-refractivity contribution in [2.45, 2.75) is 18.9 Å². The zero-order valence-electron chi connectivity index (χ0n) is 15.0. The minimum Gasteiger partial charge on any atom is -0.476 e. The second-order valence-corrected chi connectivity index (χ2v) is 6.57. The average molecular weight is 380 g/mol. The number of aryl methyl sites for hydroxylation is 1. The highest BCUT2D eigenvalue weighted by atomic mass is 19.1. The molecule has 0 spiro atoms. The molecule has 0 saturated carbocycles. The number of carbonyl (C=O) groups excluding carboxylic acids is 1. The summed E-state index contributed by atoms with van der Waals surface area (Å²) in [5.41, 5.74) is 0.277. The largest absolute Gasteiger partial charge is 0.476 e. The Labute approximate surface area is 159 Å². The van der Waals surface area contributed by atoms with Gasteiger partial charge in [-0.3, -0.25) is 14.6 Å². The summed E-state index contributed by atoms with van der Waals surface area (Å²) >= 11 is 0. The lowest BCUT2D eigenvalue weighted by atomic mass is 9.81. The molecule has 4 rings (SSSR count). The van der Waals surface area contributed by atoms with E-state index in [0.29, 0.717) is 23.2 Å². The topological polar surface area (TPSA) is 97.0 Å². The number of aromatic nitrogens is 3. The molecule has 1 aliphatic rings. The first-order valence-electron chi connectivity index (χ1n) is 8.72. The van der Waals surface area contributed by atoms with Crippen LogP contribution in [0, 0.1) is 12.7 Å². The maximum Gasteiger partial charge on any atom is 0.253 e. The average Bonchev–Trinajstić information content (AvgIpc) is 2.70. The van der Waals surface area contributed by atoms with Crippen LogP contribution in [0.15, 0.2) is 53.7 Å². The van der Waals surface area contributed by atoms with Gasteiger partial charge in [-0.05, 0) is 30.2 Å². The number of H-pyrrole nitrogens is 1. The second-order valence-electron chi connectivity index (χ2n) is 6.57. The zero-order chi connectivity index (χ0) is 19.7. The summed E-state index contributed by atoms with van der Waals surface area (Å²) in [6, 6.07) is 7.51. The molecule has 2 aromatic heterocycles. The van der Waals surface area contributed by atoms with Crippen LogP contribution in [0.5, 0.6) is 5.88 Å². The lowest BCUT2D eigenvalue weighted by molar-refractivity contribution is 0.0880. The van der Waals surface area contributed by atoms with Crippen molar-refractivity contribution >= 4 is 5.91 Å². The van der Waals surface area contributed by atoms with E-state index in [0.717, 1.165) is 0 Å². The Morgan fingerprint density at radius 1 is 1.25 bits per heavy atom. The quantitative estimate of drug-likeness (QED) is 0.725. The lowest BCUT2D eigenvalue weighted by Gasteiger charge is -2.38. The number of benzene rings is 1. The first kappa shape index (κ1) is 17.8. The highest BCUT2D eigenvalue weighted by Crippen LogP contribution is 2.40. The number of halogens is 1. The Kier molecular flexibility index (Phi) is 4.38. The maximum absolute atomic E-state index is 14.4. The summed E-state index contributed by atoms with van der Waals surface area (Å²) in [7, 11) is 0. The van der Waals surface area contributed by atoms with E-state index in [4.69, 9.17) is 4.74 Å². The zero-order valence-corrected chi connectivity index (χ0v) is 15.0. The third-order valence-corrected chi connectivity index (χ3v) is 4.82. The molecule has 1 aromatic carbocycles. The fourth-order valence-corrected chi connectivity index (χ4v) is 3.29. The van der Waals surface area contributed by atoms with Crippen molar-refractivity contribution in [1.82, 2.24) is 20.3 Å². The first-order valence-corrected chi connectivity index (χ1v) is 8.72. The monoisotopic (exact) mass is 380 g/mol. The molecule has 1 atom stereocenters. The second kappa shape index (κ2) is 6.88. The standard InChI is InChI=1S/C20H17FN4O3/c1-12-2-4-14(10-15(12)21)20(6-9-28-19-17(20)22-7-8-23-19)25-18(27)13-3-5-16(26)24-11-13/h2-5,7-8,10-11H,6,9H2,1H3,(H,24,26)(H,25,27)/t20-/m0/s1. The van der Waals surface area contributed by atoms with Crippen molar-refractivity contribution in [1.29, 1.82) is 0 Å². The van der Waals surface area contributed by atoms with E-state index in [2.05, 4.69) is 20.3 Å². The lowest BCUT2D eigenvalue weighted by Crippen LogP contribution is -2.50. The Bertz CT molecular complexity index is 1090. The number of rotatable bonds is 3. The molecule has 3 heterocycles. The molecule has 142 valence electrons. The fraction of sp³-hybridized carbons (Fsp3) is 0.200. The van der Waals surface area contributed by atoms with E-state index in [1.165, 1.54) is 36.8 Å². The molecule has 0 aliphatic carbocycles. The van der Waals surface area contributed by atoms with E-state index in [9.17, 15) is 14.0 Å². The van der Waals surface area contributed by atoms with Crippen LogP contribution in [0.25, 0.3) is 0 Å². The highest BCUT2D eigenvalue weighted by molar-refractivity contribution is 5.94. The smallest absolute Gasteiger partial charge is 0.253 e. The SMILES string of the molecule is Cc1ccc([C@@]2(NC(=O)c3ccc(=O)[nH]c3)CCOc3nccnc32)cc1F. The van der Waals surface area contributed by atoms with Crippen molar-refractivity contribution in [3.8, 4) is 5.88 Å². The number of carbonyl (C=O) groups is 1. The summed E-state index contributed by atoms with van der Waals surface area (Å²) in [6.45, 7) is 1.94. The van der Waals surface area contributed by atoms with Gasteiger partial charge in [0.25, 0.3) is 5.91 Å². The van der Waals surface area contributed by atoms with Gasteiger partial charge in [0, 0.05) is 31.1 Å². The molecule has 0 radical (unpaired) electrons. The molecule has 8 heteroatoms. The van der Waals surface area contributed by atoms with E-state index in [1.807, 2.05) is 0 Å². The van der Waals surface area contributed by atoms with Gasteiger partial charge in [-0.25, -0.2) is 9.37 Å². The van der Waals surface area contributed by atoms with Gasteiger partial charge >= 0.3 is 0 Å². The number of amides is 1. The molecular weight excluding hydrogens is 363 g/mol. The van der Waals surface area contributed by atoms with Gasteiger partial charge in [0.15, 0.2) is 0 Å². The molecule has 0 saturated heterocycles. The van der Waals surface area contributed by atoms with Gasteiger partial charge in [0.05, 0.1) is 12.2 Å². The van der Waals surface area contributed by atoms with Crippen molar-refractivity contribution in [3.63, 3.8) is 0 Å². The summed E-state index contributed by atoms with van der Waals surface area (Å²) in [5, 5.41) is 2.98. The van der Waals surface area contributed by atoms with Gasteiger partial charge < -0.3 is 15.0 Å². The summed E-state index contributed by atoms with van der Waals surface area (Å²) in [5.74, 6) is -0.528. The van der Waals surface area contributed by atoms with Crippen LogP contribution in [0.1, 0.15) is 33.6 Å². The molecule has 28 heavy (non-hydrogen) atoms. The van der Waals surface area contributed by atoms with Crippen molar-refractivity contribution in [2.24, 2.45) is 0 Å². The molecule has 7 nitrogen and oxygen atoms in total. The maximum atomic E-state index is 14.4. The van der Waals surface area contributed by atoms with Gasteiger partial charge in [0.2, 0.25) is 11.4 Å². The predicted octanol–water partition coefficient (Wildman–Crippen LogP) is 2.07. The molecule has 1 amide bonds. The van der Waals surface area contributed by atoms with Crippen LogP contribution in [-0.2, 0) is 5.54 Å². The number of pyridine rings is 1. The molecule has 0 fully saturated rings. The van der Waals surface area contributed by atoms with E-state index < -0.39 is 11.4 Å². The Morgan fingerprint density at radius 2 is 2.07 bits per heavy atom. The Morgan fingerprint density at radius 3 is 2.82 bits per heavy atom. The molecule has 2 N–H and O–H groups in total. The van der Waals surface area contributed by atoms with Gasteiger partial charge in [-0.15, -0.1) is 0 Å². The van der Waals surface area contributed by atoms with Gasteiger partial charge in [-0.1, -0.05) is 12.1 Å². The first-order chi connectivity index (χ1) is 13.5. The Hall–Kier alpha value is -3.55. The number of ether oxygens (including phenoxy) is 1. The normalized spacial score (nSPS) is 18.1. The van der Waals surface area contributed by atoms with Crippen LogP contribution >= 0.6 is 0 Å². The van der Waals surface area contributed by atoms with E-state index >= 15 is 0 Å². The molecule has 3 aromatic rings. The van der Waals surface area contributed by atoms with Crippen LogP contribution in [0.4, 0.5) is 4.39 Å². The molecule has 0 bridgehead atoms. The predicted molar refractivity (Wildman–Crippen MR) is 98.6 cm³/mol. The fourth-order valence-electron chi connectivity index (χ4n) is 3.29. The minimum atomic E-state index is -1.12. The summed E-state index contributed by atoms with van der Waals surface area (Å²) in [4.78, 5) is 35.3. The van der Waals surface area contributed by atoms with E-state index in [-0.39, 0.29) is 29.4 Å². The number of nitrogens with zero attached hydrogens (tertiary/aromatic N) is 2. The molecule has 0 unspecified atom stereocenters. The molecule has 1 aliphatic heterocycles. The van der Waals surface area contributed by atoms with Crippen LogP contribution in [0.2, 0.25) is 0 Å². The van der Waals surface area contributed by atoms with Crippen LogP contribution < -0.4 is 15.6 Å². The minimum absolute atomic E-state index is 0.267. The van der Waals surface area contributed by atoms with Crippen molar-refractivity contribution < 1.29 is 13.9 Å². The Balaban J connectivity index is 1.85. The van der Waals surface area contributed by atoms with Crippen LogP contribution in [0.3, 0.4) is 0 Å². The summed E-state index contributed by atoms with van der Waals surface area (Å²) in [6.07, 6.45) is 4.67. The van der Waals surface area contributed by atoms with E-state index in [1.54, 1.807) is 19.1 Å². The number of hydrogen-bond acceptors (Lipinski definition) is 5. The third-order valence-electron chi connectivity index (χ3n) is 4.82.